The van der Waals surface area contributed by atoms with Gasteiger partial charge in [-0.05, 0) is 250 Å². The molecular weight excluding hydrogens is 2120 g/mol. The zero-order chi connectivity index (χ0) is 107. The molecular formula is C104H90F6N4O22S11. The highest BCUT2D eigenvalue weighted by atomic mass is 32.3. The number of hydroxylamine groups is 2. The molecule has 12 aromatic rings. The van der Waals surface area contributed by atoms with Crippen LogP contribution >= 0.6 is 47.0 Å². The van der Waals surface area contributed by atoms with Crippen molar-refractivity contribution >= 4 is 191 Å². The summed E-state index contributed by atoms with van der Waals surface area (Å²) in [6.45, 7) is 15.9. The summed E-state index contributed by atoms with van der Waals surface area (Å²) in [5.41, 5.74) is -7.05. The number of nitriles is 1. The van der Waals surface area contributed by atoms with E-state index in [1.165, 1.54) is 50.7 Å². The lowest BCUT2D eigenvalue weighted by atomic mass is 9.70. The molecule has 2 bridgehead atoms. The van der Waals surface area contributed by atoms with E-state index in [1.807, 2.05) is 168 Å². The number of ether oxygens (including phenoxy) is 1. The maximum absolute atomic E-state index is 13.0. The monoisotopic (exact) mass is 2210 g/mol. The molecule has 0 radical (unpaired) electrons. The molecule has 17 rings (SSSR count). The van der Waals surface area contributed by atoms with Gasteiger partial charge in [-0.1, -0.05) is 211 Å². The van der Waals surface area contributed by atoms with E-state index in [9.17, 15) is 111 Å². The topological polar surface area (TPSA) is 396 Å². The fourth-order valence-electron chi connectivity index (χ4n) is 16.5. The van der Waals surface area contributed by atoms with Crippen molar-refractivity contribution in [3.05, 3.63) is 338 Å². The van der Waals surface area contributed by atoms with Gasteiger partial charge in [0, 0.05) is 69.7 Å². The lowest BCUT2D eigenvalue weighted by molar-refractivity contribution is -0.128. The minimum absolute atomic E-state index is 0.0668. The van der Waals surface area contributed by atoms with E-state index in [2.05, 4.69) is 89.2 Å². The molecule has 0 spiro atoms. The Morgan fingerprint density at radius 3 is 1.41 bits per heavy atom. The van der Waals surface area contributed by atoms with Gasteiger partial charge in [-0.3, -0.25) is 62.6 Å². The number of fused-ring (bicyclic) bond motifs is 5. The number of sulfone groups is 3. The highest BCUT2D eigenvalue weighted by Gasteiger charge is 2.66. The molecule has 2 fully saturated rings. The first kappa shape index (κ1) is 112. The van der Waals surface area contributed by atoms with Crippen LogP contribution in [0.5, 0.6) is 5.75 Å². The largest absolute Gasteiger partial charge is 0.484 e. The number of allylic oxidation sites excluding steroid dienone is 2. The van der Waals surface area contributed by atoms with E-state index < -0.39 is 116 Å². The molecule has 147 heavy (non-hydrogen) atoms. The van der Waals surface area contributed by atoms with Gasteiger partial charge in [0.25, 0.3) is 21.9 Å². The second-order valence-electron chi connectivity index (χ2n) is 34.4. The van der Waals surface area contributed by atoms with Crippen molar-refractivity contribution in [1.82, 2.24) is 5.06 Å². The van der Waals surface area contributed by atoms with Crippen molar-refractivity contribution in [2.75, 3.05) is 17.8 Å². The van der Waals surface area contributed by atoms with Gasteiger partial charge in [-0.15, -0.1) is 9.35 Å². The lowest BCUT2D eigenvalue weighted by Crippen LogP contribution is -2.46. The Morgan fingerprint density at radius 2 is 1.00 bits per heavy atom. The number of oxime groups is 2. The zero-order valence-electron chi connectivity index (χ0n) is 79.5. The molecule has 0 aromatic heterocycles. The number of benzene rings is 12. The zero-order valence-corrected chi connectivity index (χ0v) is 88.5. The van der Waals surface area contributed by atoms with Crippen molar-refractivity contribution in [3.63, 3.8) is 0 Å². The quantitative estimate of drug-likeness (QED) is 0.00877. The number of alkyl halides is 6. The standard InChI is InChI=1S/C42H33O3S4.C22H21NO6S.C20H17NO4S.C16H16N2O3S2.C4H3F6O6S3/c1-28(43)31-4-10-34(11-5-31)46-37-16-22-40(23-17-37)49(41-24-18-38(19-25-41)47-35-12-6-32(7-13-35)29(2)44)42-26-20-39(21-27-42)48-36-14-8-33(9-15-36)30(3)45;1-21(2)14-9-10-22(21,17(24)11-14)12-30(27,28)29-23-19(25)15-7-3-5-13-6-4-8-16(18(13)15)20(23)26;1-13-7-10-16(11-8-13)26(22,23)25-21-20-14(2)24-18-12-9-15-5-3-4-6-17(15)19(18)20;1-3-10-23(19,20)21-18-16-14(8-9-22-16)15(11-17)13-7-5-4-6-12(13)2;1-17(11,12)2(18(13,14)3(5,6)7)19(15,16)4(8,9)10/h4-27H,1-3H3;3-8,14H,9-12H2,1-2H3;3-12,14H,1-2H3;4-9H,3,10H2,1-2H3;1H3/q+1;;;;-1/b;;21-20+;15-14+,18-16-;. The Kier molecular flexibility index (Phi) is 34.5. The van der Waals surface area contributed by atoms with Crippen molar-refractivity contribution in [3.8, 4) is 11.8 Å². The van der Waals surface area contributed by atoms with Crippen LogP contribution in [0.25, 0.3) is 27.1 Å². The third kappa shape index (κ3) is 25.6. The summed E-state index contributed by atoms with van der Waals surface area (Å²) < 4.78 is 227. The number of hydrogen-bond donors (Lipinski definition) is 0. The van der Waals surface area contributed by atoms with Gasteiger partial charge in [-0.25, -0.2) is 0 Å². The first-order chi connectivity index (χ1) is 69.1. The highest BCUT2D eigenvalue weighted by molar-refractivity contribution is 8.29. The Balaban J connectivity index is 0.000000161. The number of rotatable bonds is 27. The number of carbonyl (C=O) groups is 6. The van der Waals surface area contributed by atoms with Gasteiger partial charge in [0.2, 0.25) is 0 Å². The normalized spacial score (nSPS) is 17.3. The number of imide groups is 1. The van der Waals surface area contributed by atoms with Crippen LogP contribution in [0.1, 0.15) is 148 Å². The SMILES string of the molecule is CC(=O)c1ccc(Sc2ccc([S+](c3ccc(Sc4ccc(C(C)=O)cc4)cc3)c3ccc(Sc4ccc(C(C)=O)cc4)cc3)cc2)cc1.CC1(C)C2CCC1(CS(=O)(=O)ON1C(=O)c3cccc4cccc(c34)C1=O)C(=O)C2.CCCS(=O)(=O)O/N=C1\SC=C\C1=C(\C#N)c1ccccc1C.CS(=O)(=O)[C-](S(=O)(=O)C(F)(F)F)S(=O)(=O)C(F)(F)F.Cc1ccc(S(=O)(=O)O/N=C2/c3c(ccc4ccccc34)OC2C)cc1. The Bertz CT molecular complexity index is 7740. The van der Waals surface area contributed by atoms with Gasteiger partial charge in [-0.2, -0.15) is 56.9 Å². The van der Waals surface area contributed by atoms with Gasteiger partial charge < -0.3 is 4.74 Å². The molecule has 3 unspecified atom stereocenters. The van der Waals surface area contributed by atoms with E-state index in [0.29, 0.717) is 79.4 Å². The Hall–Kier alpha value is -12.3. The van der Waals surface area contributed by atoms with Crippen LogP contribution < -0.4 is 4.74 Å². The molecule has 2 saturated carbocycles. The Morgan fingerprint density at radius 1 is 0.558 bits per heavy atom. The summed E-state index contributed by atoms with van der Waals surface area (Å²) in [6, 6.07) is 87.3. The minimum atomic E-state index is -7.22. The lowest BCUT2D eigenvalue weighted by Gasteiger charge is -2.36. The number of halogens is 6. The molecule has 3 atom stereocenters. The molecule has 2 aliphatic carbocycles. The van der Waals surface area contributed by atoms with Gasteiger partial charge >= 0.3 is 31.3 Å². The fourth-order valence-corrected chi connectivity index (χ4v) is 30.8. The van der Waals surface area contributed by atoms with Crippen molar-refractivity contribution in [2.45, 2.75) is 154 Å². The second-order valence-corrected chi connectivity index (χ2v) is 52.0. The van der Waals surface area contributed by atoms with Crippen LogP contribution in [0.3, 0.4) is 0 Å². The van der Waals surface area contributed by atoms with Crippen molar-refractivity contribution in [2.24, 2.45) is 27.1 Å². The summed E-state index contributed by atoms with van der Waals surface area (Å²) in [5, 5.41) is 22.8. The molecule has 0 saturated heterocycles. The summed E-state index contributed by atoms with van der Waals surface area (Å²) >= 11 is 6.26. The maximum Gasteiger partial charge on any atom is 0.470 e. The fraction of sp³-hybridized carbons (Fsp3) is 0.212. The molecule has 3 heterocycles. The summed E-state index contributed by atoms with van der Waals surface area (Å²) in [5.74, 6) is -1.35. The number of ketones is 4. The van der Waals surface area contributed by atoms with Crippen LogP contribution in [0.15, 0.2) is 343 Å². The summed E-state index contributed by atoms with van der Waals surface area (Å²) in [7, 11) is -32.7. The number of Topliss-reactive ketones (excluding diaryl/α,β-unsaturated/α-hetero) is 4. The average Bonchev–Trinajstić information content (AvgIpc) is 1.53. The van der Waals surface area contributed by atoms with Gasteiger partial charge in [0.1, 0.15) is 39.4 Å². The average molecular weight is 2210 g/mol. The number of hydrogen-bond acceptors (Lipinski definition) is 29. The van der Waals surface area contributed by atoms with Crippen LogP contribution in [-0.4, -0.2) is 136 Å². The third-order valence-corrected chi connectivity index (χ3v) is 40.8. The van der Waals surface area contributed by atoms with E-state index in [1.54, 1.807) is 111 Å². The number of thioether (sulfide) groups is 1. The third-order valence-electron chi connectivity index (χ3n) is 24.0. The van der Waals surface area contributed by atoms with Crippen LogP contribution in [0.2, 0.25) is 0 Å². The van der Waals surface area contributed by atoms with E-state index in [0.717, 1.165) is 68.8 Å². The Labute approximate surface area is 865 Å². The van der Waals surface area contributed by atoms with Crippen LogP contribution in [0, 0.1) is 45.8 Å². The van der Waals surface area contributed by atoms with E-state index in [-0.39, 0.29) is 61.7 Å². The second kappa shape index (κ2) is 45.4. The molecule has 0 N–H and O–H groups in total. The highest BCUT2D eigenvalue weighted by Crippen LogP contribution is 2.64. The van der Waals surface area contributed by atoms with Crippen LogP contribution in [0.4, 0.5) is 26.3 Å². The van der Waals surface area contributed by atoms with Gasteiger partial charge in [0.15, 0.2) is 51.7 Å². The number of amides is 2. The maximum atomic E-state index is 13.0. The molecule has 2 amide bonds. The molecule has 26 nitrogen and oxygen atoms in total. The number of carbonyl (C=O) groups excluding carboxylic acids is 6. The predicted octanol–water partition coefficient (Wildman–Crippen LogP) is 22.9. The summed E-state index contributed by atoms with van der Waals surface area (Å²) in [4.78, 5) is 84.0. The molecule has 5 aliphatic rings. The number of nitrogens with zero attached hydrogens (tertiary/aromatic N) is 4. The number of aryl methyl sites for hydroxylation is 2. The van der Waals surface area contributed by atoms with E-state index in [4.69, 9.17) is 17.6 Å². The van der Waals surface area contributed by atoms with Gasteiger partial charge in [0.05, 0.1) is 63.8 Å². The van der Waals surface area contributed by atoms with E-state index >= 15 is 0 Å². The van der Waals surface area contributed by atoms with Crippen molar-refractivity contribution in [1.29, 1.82) is 5.26 Å². The molecule has 3 aliphatic heterocycles. The first-order valence-corrected chi connectivity index (χ1v) is 58.3. The van der Waals surface area contributed by atoms with Crippen LogP contribution in [-0.2, 0) is 88.4 Å². The first-order valence-electron chi connectivity index (χ1n) is 44.4. The molecule has 43 heteroatoms. The molecule has 12 aromatic carbocycles. The molecule has 766 valence electrons. The van der Waals surface area contributed by atoms with Crippen molar-refractivity contribution < 1.29 is 123 Å². The minimum Gasteiger partial charge on any atom is -0.484 e. The predicted molar refractivity (Wildman–Crippen MR) is 552 cm³/mol. The summed E-state index contributed by atoms with van der Waals surface area (Å²) in [6.07, 6.45) is 3.00. The smallest absolute Gasteiger partial charge is 0.470 e.